The Morgan fingerprint density at radius 1 is 1.35 bits per heavy atom. The van der Waals surface area contributed by atoms with Crippen LogP contribution in [0.4, 0.5) is 0 Å². The fourth-order valence-electron chi connectivity index (χ4n) is 2.17. The molecule has 0 saturated heterocycles. The van der Waals surface area contributed by atoms with E-state index in [1.165, 1.54) is 5.56 Å². The minimum atomic E-state index is 0.439. The van der Waals surface area contributed by atoms with Crippen LogP contribution in [0.1, 0.15) is 30.3 Å². The molecule has 0 unspecified atom stereocenters. The zero-order valence-corrected chi connectivity index (χ0v) is 12.2. The lowest BCUT2D eigenvalue weighted by Gasteiger charge is -2.09. The Morgan fingerprint density at radius 2 is 2.20 bits per heavy atom. The van der Waals surface area contributed by atoms with Crippen LogP contribution in [0.25, 0.3) is 0 Å². The van der Waals surface area contributed by atoms with E-state index in [1.807, 2.05) is 22.9 Å². The second-order valence-corrected chi connectivity index (χ2v) is 4.83. The molecule has 1 heterocycles. The Balaban J connectivity index is 1.95. The molecule has 0 aliphatic rings. The predicted octanol–water partition coefficient (Wildman–Crippen LogP) is 2.08. The van der Waals surface area contributed by atoms with Crippen LogP contribution >= 0.6 is 0 Å². The maximum absolute atomic E-state index is 5.75. The highest BCUT2D eigenvalue weighted by molar-refractivity contribution is 5.27. The topological polar surface area (TPSA) is 66.0 Å². The lowest BCUT2D eigenvalue weighted by atomic mass is 10.2. The van der Waals surface area contributed by atoms with Crippen LogP contribution in [0.5, 0.6) is 5.75 Å². The van der Waals surface area contributed by atoms with Gasteiger partial charge in [0.15, 0.2) is 0 Å². The van der Waals surface area contributed by atoms with Gasteiger partial charge in [0.2, 0.25) is 0 Å². The highest BCUT2D eigenvalue weighted by Crippen LogP contribution is 2.13. The quantitative estimate of drug-likeness (QED) is 0.839. The third-order valence-corrected chi connectivity index (χ3v) is 3.16. The molecule has 0 saturated carbocycles. The molecule has 1 aromatic heterocycles. The van der Waals surface area contributed by atoms with Gasteiger partial charge in [0, 0.05) is 6.54 Å². The van der Waals surface area contributed by atoms with Gasteiger partial charge in [-0.2, -0.15) is 0 Å². The van der Waals surface area contributed by atoms with Crippen molar-refractivity contribution >= 4 is 0 Å². The molecule has 108 valence electrons. The summed E-state index contributed by atoms with van der Waals surface area (Å²) in [6, 6.07) is 8.04. The molecule has 0 amide bonds. The van der Waals surface area contributed by atoms with E-state index >= 15 is 0 Å². The van der Waals surface area contributed by atoms with Crippen LogP contribution in [0, 0.1) is 6.92 Å². The standard InChI is InChI=1S/C15H22N4O/c1-3-5-15-14(11-16)17-18-19(15)8-9-20-13-7-4-6-12(2)10-13/h4,6-7,10H,3,5,8-9,11,16H2,1-2H3. The first-order valence-electron chi connectivity index (χ1n) is 7.05. The number of aromatic nitrogens is 3. The normalized spacial score (nSPS) is 10.8. The van der Waals surface area contributed by atoms with Crippen LogP contribution in [-0.4, -0.2) is 21.6 Å². The van der Waals surface area contributed by atoms with Gasteiger partial charge in [0.05, 0.1) is 17.9 Å². The molecule has 0 radical (unpaired) electrons. The zero-order valence-electron chi connectivity index (χ0n) is 12.2. The Kier molecular flexibility index (Phi) is 5.12. The van der Waals surface area contributed by atoms with E-state index in [0.717, 1.165) is 30.0 Å². The van der Waals surface area contributed by atoms with E-state index in [-0.39, 0.29) is 0 Å². The van der Waals surface area contributed by atoms with Gasteiger partial charge in [-0.25, -0.2) is 4.68 Å². The molecule has 0 atom stereocenters. The molecular weight excluding hydrogens is 252 g/mol. The summed E-state index contributed by atoms with van der Waals surface area (Å²) in [4.78, 5) is 0. The Bertz CT molecular complexity index is 551. The third-order valence-electron chi connectivity index (χ3n) is 3.16. The van der Waals surface area contributed by atoms with Gasteiger partial charge >= 0.3 is 0 Å². The summed E-state index contributed by atoms with van der Waals surface area (Å²) < 4.78 is 7.65. The van der Waals surface area contributed by atoms with Crippen molar-refractivity contribution < 1.29 is 4.74 Å². The molecule has 0 aliphatic heterocycles. The van der Waals surface area contributed by atoms with Crippen LogP contribution in [0.3, 0.4) is 0 Å². The van der Waals surface area contributed by atoms with Gasteiger partial charge in [0.25, 0.3) is 0 Å². The van der Waals surface area contributed by atoms with Crippen LogP contribution < -0.4 is 10.5 Å². The van der Waals surface area contributed by atoms with Crippen LogP contribution in [-0.2, 0) is 19.5 Å². The first-order valence-corrected chi connectivity index (χ1v) is 7.05. The lowest BCUT2D eigenvalue weighted by molar-refractivity contribution is 0.287. The first-order chi connectivity index (χ1) is 9.74. The second-order valence-electron chi connectivity index (χ2n) is 4.83. The molecule has 20 heavy (non-hydrogen) atoms. The van der Waals surface area contributed by atoms with E-state index in [1.54, 1.807) is 0 Å². The summed E-state index contributed by atoms with van der Waals surface area (Å²) in [5.41, 5.74) is 8.90. The first kappa shape index (κ1) is 14.5. The van der Waals surface area contributed by atoms with Crippen LogP contribution in [0.2, 0.25) is 0 Å². The number of nitrogens with zero attached hydrogens (tertiary/aromatic N) is 3. The molecule has 2 N–H and O–H groups in total. The van der Waals surface area contributed by atoms with Gasteiger partial charge in [-0.3, -0.25) is 0 Å². The molecule has 2 rings (SSSR count). The number of rotatable bonds is 7. The summed E-state index contributed by atoms with van der Waals surface area (Å²) >= 11 is 0. The monoisotopic (exact) mass is 274 g/mol. The highest BCUT2D eigenvalue weighted by atomic mass is 16.5. The lowest BCUT2D eigenvalue weighted by Crippen LogP contribution is -2.13. The van der Waals surface area contributed by atoms with E-state index in [0.29, 0.717) is 19.7 Å². The van der Waals surface area contributed by atoms with E-state index in [2.05, 4.69) is 30.2 Å². The minimum Gasteiger partial charge on any atom is -0.492 e. The van der Waals surface area contributed by atoms with Crippen molar-refractivity contribution in [1.29, 1.82) is 0 Å². The van der Waals surface area contributed by atoms with Crippen molar-refractivity contribution in [1.82, 2.24) is 15.0 Å². The fourth-order valence-corrected chi connectivity index (χ4v) is 2.17. The number of ether oxygens (including phenoxy) is 1. The Hall–Kier alpha value is -1.88. The maximum Gasteiger partial charge on any atom is 0.119 e. The molecule has 0 aliphatic carbocycles. The molecular formula is C15H22N4O. The Morgan fingerprint density at radius 3 is 2.90 bits per heavy atom. The van der Waals surface area contributed by atoms with Crippen molar-refractivity contribution in [3.05, 3.63) is 41.2 Å². The van der Waals surface area contributed by atoms with Crippen molar-refractivity contribution in [2.45, 2.75) is 39.8 Å². The highest BCUT2D eigenvalue weighted by Gasteiger charge is 2.10. The fraction of sp³-hybridized carbons (Fsp3) is 0.467. The summed E-state index contributed by atoms with van der Waals surface area (Å²) in [6.07, 6.45) is 2.00. The van der Waals surface area contributed by atoms with Crippen LogP contribution in [0.15, 0.2) is 24.3 Å². The summed E-state index contributed by atoms with van der Waals surface area (Å²) in [7, 11) is 0. The van der Waals surface area contributed by atoms with Crippen molar-refractivity contribution in [2.75, 3.05) is 6.61 Å². The Labute approximate surface area is 119 Å². The van der Waals surface area contributed by atoms with E-state index < -0.39 is 0 Å². The number of aryl methyl sites for hydroxylation is 1. The van der Waals surface area contributed by atoms with Gasteiger partial charge < -0.3 is 10.5 Å². The largest absolute Gasteiger partial charge is 0.492 e. The maximum atomic E-state index is 5.75. The van der Waals surface area contributed by atoms with Crippen molar-refractivity contribution in [3.8, 4) is 5.75 Å². The minimum absolute atomic E-state index is 0.439. The SMILES string of the molecule is CCCc1c(CN)nnn1CCOc1cccc(C)c1. The summed E-state index contributed by atoms with van der Waals surface area (Å²) in [6.45, 7) is 5.90. The smallest absolute Gasteiger partial charge is 0.119 e. The molecule has 1 aromatic carbocycles. The molecule has 0 fully saturated rings. The summed E-state index contributed by atoms with van der Waals surface area (Å²) in [5.74, 6) is 0.890. The van der Waals surface area contributed by atoms with Gasteiger partial charge in [0.1, 0.15) is 12.4 Å². The van der Waals surface area contributed by atoms with Crippen molar-refractivity contribution in [3.63, 3.8) is 0 Å². The predicted molar refractivity (Wildman–Crippen MR) is 78.6 cm³/mol. The molecule has 0 bridgehead atoms. The number of hydrogen-bond acceptors (Lipinski definition) is 4. The zero-order chi connectivity index (χ0) is 14.4. The summed E-state index contributed by atoms with van der Waals surface area (Å²) in [5, 5.41) is 8.29. The number of hydrogen-bond donors (Lipinski definition) is 1. The molecule has 5 nitrogen and oxygen atoms in total. The molecule has 5 heteroatoms. The number of benzene rings is 1. The van der Waals surface area contributed by atoms with Crippen molar-refractivity contribution in [2.24, 2.45) is 5.73 Å². The van der Waals surface area contributed by atoms with Gasteiger partial charge in [-0.05, 0) is 31.0 Å². The molecule has 2 aromatic rings. The molecule has 0 spiro atoms. The average Bonchev–Trinajstić information content (AvgIpc) is 2.82. The van der Waals surface area contributed by atoms with E-state index in [4.69, 9.17) is 10.5 Å². The second kappa shape index (κ2) is 7.05. The van der Waals surface area contributed by atoms with E-state index in [9.17, 15) is 0 Å². The average molecular weight is 274 g/mol. The third kappa shape index (κ3) is 3.57. The number of nitrogens with two attached hydrogens (primary N) is 1. The van der Waals surface area contributed by atoms with Gasteiger partial charge in [-0.1, -0.05) is 30.7 Å². The van der Waals surface area contributed by atoms with Gasteiger partial charge in [-0.15, -0.1) is 5.10 Å².